The second-order valence-corrected chi connectivity index (χ2v) is 15.1. The maximum absolute atomic E-state index is 12.7. The lowest BCUT2D eigenvalue weighted by Gasteiger charge is -2.43. The average Bonchev–Trinajstić information content (AvgIpc) is 3.17. The largest absolute Gasteiger partial charge is 0.489 e. The summed E-state index contributed by atoms with van der Waals surface area (Å²) in [4.78, 5) is 12.7. The minimum Gasteiger partial charge on any atom is -0.489 e. The lowest BCUT2D eigenvalue weighted by atomic mass is 9.99. The number of carbonyl (C=O) groups excluding carboxylic acids is 1. The number of benzene rings is 2. The molecule has 0 radical (unpaired) electrons. The summed E-state index contributed by atoms with van der Waals surface area (Å²) < 4.78 is 14.8. The Morgan fingerprint density at radius 2 is 1.85 bits per heavy atom. The first-order valence-electron chi connectivity index (χ1n) is 11.8. The van der Waals surface area contributed by atoms with Crippen LogP contribution in [0.3, 0.4) is 0 Å². The topological polar surface area (TPSA) is 52.5 Å². The van der Waals surface area contributed by atoms with Crippen molar-refractivity contribution in [2.45, 2.75) is 58.5 Å². The number of hydrogen-bond donors (Lipinski definition) is 1. The van der Waals surface area contributed by atoms with E-state index in [0.29, 0.717) is 31.4 Å². The van der Waals surface area contributed by atoms with Crippen LogP contribution in [0.1, 0.15) is 49.8 Å². The van der Waals surface area contributed by atoms with Gasteiger partial charge in [0.05, 0.1) is 12.6 Å². The molecule has 1 amide bonds. The highest BCUT2D eigenvalue weighted by molar-refractivity contribution is 6.74. The summed E-state index contributed by atoms with van der Waals surface area (Å²) in [7, 11) is -1.96. The summed E-state index contributed by atoms with van der Waals surface area (Å²) in [5.41, 5.74) is 2.86. The highest BCUT2D eigenvalue weighted by atomic mass is 28.4. The molecule has 33 heavy (non-hydrogen) atoms. The fourth-order valence-corrected chi connectivity index (χ4v) is 6.70. The summed E-state index contributed by atoms with van der Waals surface area (Å²) in [6.45, 7) is 15.5. The van der Waals surface area contributed by atoms with Crippen molar-refractivity contribution in [3.05, 3.63) is 65.9 Å². The molecule has 2 aromatic carbocycles. The zero-order chi connectivity index (χ0) is 23.8. The number of fused-ring (bicyclic) bond motifs is 3. The first kappa shape index (κ1) is 23.6. The van der Waals surface area contributed by atoms with Crippen LogP contribution in [0.2, 0.25) is 18.1 Å². The van der Waals surface area contributed by atoms with Crippen molar-refractivity contribution < 1.29 is 14.0 Å². The third-order valence-corrected chi connectivity index (χ3v) is 12.4. The molecule has 0 aliphatic carbocycles. The van der Waals surface area contributed by atoms with Gasteiger partial charge in [-0.25, -0.2) is 0 Å². The molecule has 1 aromatic heterocycles. The second-order valence-electron chi connectivity index (χ2n) is 10.5. The lowest BCUT2D eigenvalue weighted by molar-refractivity contribution is 0.0900. The van der Waals surface area contributed by atoms with Gasteiger partial charge in [0.25, 0.3) is 5.91 Å². The molecule has 0 spiro atoms. The Hall–Kier alpha value is -2.57. The molecule has 0 saturated heterocycles. The van der Waals surface area contributed by atoms with Crippen molar-refractivity contribution in [1.29, 1.82) is 0 Å². The van der Waals surface area contributed by atoms with E-state index < -0.39 is 8.32 Å². The minimum absolute atomic E-state index is 0.0341. The molecule has 0 unspecified atom stereocenters. The number of hydrogen-bond acceptors (Lipinski definition) is 3. The van der Waals surface area contributed by atoms with Gasteiger partial charge in [0.2, 0.25) is 0 Å². The molecule has 2 heterocycles. The van der Waals surface area contributed by atoms with E-state index in [9.17, 15) is 4.79 Å². The third kappa shape index (κ3) is 4.59. The maximum Gasteiger partial charge on any atom is 0.268 e. The van der Waals surface area contributed by atoms with Gasteiger partial charge < -0.3 is 19.0 Å². The molecule has 4 rings (SSSR count). The third-order valence-electron chi connectivity index (χ3n) is 7.79. The van der Waals surface area contributed by atoms with Crippen LogP contribution in [0.5, 0.6) is 5.75 Å². The van der Waals surface area contributed by atoms with Gasteiger partial charge in [0.15, 0.2) is 8.32 Å². The molecule has 6 heteroatoms. The first-order chi connectivity index (χ1) is 15.6. The monoisotopic (exact) mass is 464 g/mol. The van der Waals surface area contributed by atoms with Crippen LogP contribution < -0.4 is 10.1 Å². The summed E-state index contributed by atoms with van der Waals surface area (Å²) in [5, 5.41) is 4.21. The molecule has 0 saturated carbocycles. The maximum atomic E-state index is 12.7. The van der Waals surface area contributed by atoms with Gasteiger partial charge >= 0.3 is 0 Å². The number of nitrogens with one attached hydrogen (secondary N) is 1. The Bertz CT molecular complexity index is 1130. The van der Waals surface area contributed by atoms with E-state index >= 15 is 0 Å². The van der Waals surface area contributed by atoms with Crippen molar-refractivity contribution in [3.63, 3.8) is 0 Å². The zero-order valence-electron chi connectivity index (χ0n) is 20.6. The SMILES string of the molecule is CC(C)C(C)(C)[Si](C)(C)OC[C@@H]1CNC(=O)c2cc3cc(OCc4ccccc4)ccc3n21. The predicted molar refractivity (Wildman–Crippen MR) is 136 cm³/mol. The van der Waals surface area contributed by atoms with Crippen molar-refractivity contribution in [2.24, 2.45) is 5.92 Å². The van der Waals surface area contributed by atoms with Crippen molar-refractivity contribution in [3.8, 4) is 5.75 Å². The molecule has 0 bridgehead atoms. The van der Waals surface area contributed by atoms with Gasteiger partial charge in [0, 0.05) is 17.4 Å². The van der Waals surface area contributed by atoms with Gasteiger partial charge in [0.1, 0.15) is 18.1 Å². The molecule has 1 N–H and O–H groups in total. The molecular formula is C27H36N2O3Si. The second kappa shape index (κ2) is 8.99. The number of amides is 1. The molecule has 1 atom stereocenters. The van der Waals surface area contributed by atoms with Crippen molar-refractivity contribution >= 4 is 25.1 Å². The summed E-state index contributed by atoms with van der Waals surface area (Å²) in [6.07, 6.45) is 0. The van der Waals surface area contributed by atoms with E-state index in [1.807, 2.05) is 36.4 Å². The minimum atomic E-state index is -1.96. The Labute approximate surface area is 198 Å². The van der Waals surface area contributed by atoms with Crippen LogP contribution in [-0.2, 0) is 11.0 Å². The molecule has 1 aliphatic rings. The fourth-order valence-electron chi connectivity index (χ4n) is 4.32. The molecule has 176 valence electrons. The Kier molecular flexibility index (Phi) is 6.42. The van der Waals surface area contributed by atoms with Gasteiger partial charge in [-0.15, -0.1) is 0 Å². The number of aromatic nitrogens is 1. The van der Waals surface area contributed by atoms with E-state index in [1.54, 1.807) is 0 Å². The van der Waals surface area contributed by atoms with E-state index in [2.05, 4.69) is 68.9 Å². The fraction of sp³-hybridized carbons (Fsp3) is 0.444. The van der Waals surface area contributed by atoms with E-state index in [0.717, 1.165) is 22.2 Å². The number of carbonyl (C=O) groups is 1. The van der Waals surface area contributed by atoms with Gasteiger partial charge in [-0.05, 0) is 53.9 Å². The standard InChI is InChI=1S/C27H36N2O3Si/c1-19(2)27(3,4)33(5,6)32-18-22-16-28-26(30)25-15-21-14-23(12-13-24(21)29(22)25)31-17-20-10-8-7-9-11-20/h7-15,19,22H,16-18H2,1-6H3,(H,28,30)/t22-/m0/s1. The van der Waals surface area contributed by atoms with Gasteiger partial charge in [-0.3, -0.25) is 4.79 Å². The predicted octanol–water partition coefficient (Wildman–Crippen LogP) is 6.16. The normalized spacial score (nSPS) is 16.7. The van der Waals surface area contributed by atoms with Crippen LogP contribution in [0, 0.1) is 5.92 Å². The average molecular weight is 465 g/mol. The van der Waals surface area contributed by atoms with Crippen molar-refractivity contribution in [2.75, 3.05) is 13.2 Å². The van der Waals surface area contributed by atoms with Crippen LogP contribution in [0.15, 0.2) is 54.6 Å². The quantitative estimate of drug-likeness (QED) is 0.406. The van der Waals surface area contributed by atoms with Gasteiger partial charge in [-0.2, -0.15) is 0 Å². The number of rotatable bonds is 8. The van der Waals surface area contributed by atoms with Crippen molar-refractivity contribution in [1.82, 2.24) is 9.88 Å². The highest BCUT2D eigenvalue weighted by Crippen LogP contribution is 2.45. The Morgan fingerprint density at radius 1 is 1.12 bits per heavy atom. The molecule has 0 fully saturated rings. The zero-order valence-corrected chi connectivity index (χ0v) is 21.6. The first-order valence-corrected chi connectivity index (χ1v) is 14.7. The summed E-state index contributed by atoms with van der Waals surface area (Å²) in [6, 6.07) is 18.2. The lowest BCUT2D eigenvalue weighted by Crippen LogP contribution is -2.48. The number of nitrogens with zero attached hydrogens (tertiary/aromatic N) is 1. The molecule has 1 aliphatic heterocycles. The van der Waals surface area contributed by atoms with E-state index in [1.165, 1.54) is 0 Å². The van der Waals surface area contributed by atoms with E-state index in [-0.39, 0.29) is 17.0 Å². The smallest absolute Gasteiger partial charge is 0.268 e. The molecular weight excluding hydrogens is 428 g/mol. The highest BCUT2D eigenvalue weighted by Gasteiger charge is 2.44. The summed E-state index contributed by atoms with van der Waals surface area (Å²) in [5.74, 6) is 1.31. The number of ether oxygens (including phenoxy) is 1. The van der Waals surface area contributed by atoms with Crippen LogP contribution in [0.25, 0.3) is 10.9 Å². The van der Waals surface area contributed by atoms with Crippen LogP contribution in [-0.4, -0.2) is 31.9 Å². The molecule has 3 aromatic rings. The Morgan fingerprint density at radius 3 is 2.55 bits per heavy atom. The molecule has 5 nitrogen and oxygen atoms in total. The van der Waals surface area contributed by atoms with Crippen LogP contribution in [0.4, 0.5) is 0 Å². The Balaban J connectivity index is 1.56. The van der Waals surface area contributed by atoms with E-state index in [4.69, 9.17) is 9.16 Å². The van der Waals surface area contributed by atoms with Gasteiger partial charge in [-0.1, -0.05) is 58.0 Å². The summed E-state index contributed by atoms with van der Waals surface area (Å²) >= 11 is 0. The van der Waals surface area contributed by atoms with Crippen LogP contribution >= 0.6 is 0 Å².